The molecule has 0 aliphatic heterocycles. The van der Waals surface area contributed by atoms with Gasteiger partial charge >= 0.3 is 5.97 Å². The molecule has 0 aliphatic rings. The largest absolute Gasteiger partial charge is 0.507 e. The molecule has 0 saturated carbocycles. The smallest absolute Gasteiger partial charge is 0.347 e. The van der Waals surface area contributed by atoms with Gasteiger partial charge in [-0.1, -0.05) is 53.7 Å². The lowest BCUT2D eigenvalue weighted by atomic mass is 9.79. The zero-order valence-electron chi connectivity index (χ0n) is 20.3. The van der Waals surface area contributed by atoms with Gasteiger partial charge in [-0.3, -0.25) is 0 Å². The molecule has 1 unspecified atom stereocenters. The molecular formula is C26H36O6. The van der Waals surface area contributed by atoms with Crippen LogP contribution in [0.5, 0.6) is 17.2 Å². The van der Waals surface area contributed by atoms with Crippen molar-refractivity contribution in [2.75, 3.05) is 6.61 Å². The Morgan fingerprint density at radius 2 is 1.34 bits per heavy atom. The van der Waals surface area contributed by atoms with E-state index < -0.39 is 17.7 Å². The Balaban J connectivity index is 2.19. The van der Waals surface area contributed by atoms with Gasteiger partial charge < -0.3 is 24.8 Å². The average Bonchev–Trinajstić information content (AvgIpc) is 2.65. The lowest BCUT2D eigenvalue weighted by molar-refractivity contribution is -0.152. The van der Waals surface area contributed by atoms with E-state index in [2.05, 4.69) is 0 Å². The summed E-state index contributed by atoms with van der Waals surface area (Å²) in [7, 11) is 0. The first-order valence-corrected chi connectivity index (χ1v) is 10.7. The number of carboxylic acids is 1. The third-order valence-corrected chi connectivity index (χ3v) is 5.26. The third kappa shape index (κ3) is 6.16. The van der Waals surface area contributed by atoms with Crippen LogP contribution in [-0.2, 0) is 15.6 Å². The molecule has 176 valence electrons. The van der Waals surface area contributed by atoms with Crippen LogP contribution in [0.25, 0.3) is 0 Å². The molecule has 0 heterocycles. The highest BCUT2D eigenvalue weighted by molar-refractivity contribution is 5.76. The van der Waals surface area contributed by atoms with Crippen LogP contribution >= 0.6 is 0 Å². The molecule has 2 aromatic rings. The van der Waals surface area contributed by atoms with Crippen molar-refractivity contribution in [3.8, 4) is 17.2 Å². The molecule has 6 nitrogen and oxygen atoms in total. The minimum absolute atomic E-state index is 0.0266. The summed E-state index contributed by atoms with van der Waals surface area (Å²) in [6, 6.07) is 10.3. The summed E-state index contributed by atoms with van der Waals surface area (Å²) < 4.78 is 11.4. The maximum atomic E-state index is 11.2. The van der Waals surface area contributed by atoms with Crippen molar-refractivity contribution in [2.45, 2.75) is 77.9 Å². The summed E-state index contributed by atoms with van der Waals surface area (Å²) in [6.07, 6.45) is -0.887. The topological polar surface area (TPSA) is 96.2 Å². The first-order valence-electron chi connectivity index (χ1n) is 10.7. The molecule has 0 amide bonds. The number of hydrogen-bond donors (Lipinski definition) is 3. The molecule has 0 aromatic heterocycles. The van der Waals surface area contributed by atoms with E-state index in [1.807, 2.05) is 53.7 Å². The van der Waals surface area contributed by atoms with Crippen LogP contribution in [-0.4, -0.2) is 33.5 Å². The van der Waals surface area contributed by atoms with Crippen LogP contribution in [0, 0.1) is 0 Å². The number of phenolic OH excluding ortho intramolecular Hbond substituents is 1. The number of carboxylic acid groups (broad SMARTS) is 1. The quantitative estimate of drug-likeness (QED) is 0.533. The number of aliphatic carboxylic acids is 1. The summed E-state index contributed by atoms with van der Waals surface area (Å²) in [4.78, 5) is 11.2. The van der Waals surface area contributed by atoms with Gasteiger partial charge in [-0.15, -0.1) is 0 Å². The Kier molecular flexibility index (Phi) is 7.20. The Bertz CT molecular complexity index is 911. The number of carbonyl (C=O) groups is 1. The Morgan fingerprint density at radius 3 is 1.75 bits per heavy atom. The molecule has 3 N–H and O–H groups in total. The lowest BCUT2D eigenvalue weighted by Crippen LogP contribution is -2.37. The maximum absolute atomic E-state index is 11.2. The van der Waals surface area contributed by atoms with Gasteiger partial charge in [-0.25, -0.2) is 4.79 Å². The van der Waals surface area contributed by atoms with Crippen LogP contribution in [0.15, 0.2) is 36.4 Å². The van der Waals surface area contributed by atoms with Crippen molar-refractivity contribution in [3.05, 3.63) is 53.1 Å². The number of aliphatic hydroxyl groups excluding tert-OH is 1. The minimum atomic E-state index is -1.35. The first-order chi connectivity index (χ1) is 14.5. The van der Waals surface area contributed by atoms with Crippen LogP contribution in [0.3, 0.4) is 0 Å². The Morgan fingerprint density at radius 1 is 0.875 bits per heavy atom. The molecule has 0 fully saturated rings. The summed E-state index contributed by atoms with van der Waals surface area (Å²) >= 11 is 0. The van der Waals surface area contributed by atoms with E-state index in [-0.39, 0.29) is 23.2 Å². The highest BCUT2D eigenvalue weighted by atomic mass is 16.5. The molecule has 0 radical (unpaired) electrons. The Hall–Kier alpha value is -2.73. The van der Waals surface area contributed by atoms with Crippen molar-refractivity contribution < 1.29 is 29.6 Å². The summed E-state index contributed by atoms with van der Waals surface area (Å²) in [5.41, 5.74) is 0.297. The zero-order valence-corrected chi connectivity index (χ0v) is 20.3. The fourth-order valence-electron chi connectivity index (χ4n) is 3.20. The monoisotopic (exact) mass is 444 g/mol. The van der Waals surface area contributed by atoms with E-state index in [1.54, 1.807) is 24.3 Å². The van der Waals surface area contributed by atoms with Crippen molar-refractivity contribution in [1.29, 1.82) is 0 Å². The second-order valence-corrected chi connectivity index (χ2v) is 10.7. The molecule has 2 aromatic carbocycles. The van der Waals surface area contributed by atoms with Gasteiger partial charge in [0.1, 0.15) is 30.0 Å². The standard InChI is InChI=1S/C26H36O6/c1-24(2,3)19-13-18(14-20(22(19)28)25(4,5)6)31-15-21(27)16-9-11-17(12-10-16)32-26(7,8)23(29)30/h9-14,21,27-28H,15H2,1-8H3,(H,29,30). The molecule has 0 saturated heterocycles. The average molecular weight is 445 g/mol. The molecule has 0 bridgehead atoms. The highest BCUT2D eigenvalue weighted by Gasteiger charge is 2.29. The maximum Gasteiger partial charge on any atom is 0.347 e. The number of rotatable bonds is 7. The number of benzene rings is 2. The fourth-order valence-corrected chi connectivity index (χ4v) is 3.20. The molecule has 0 aliphatic carbocycles. The Labute approximate surface area is 190 Å². The number of aromatic hydroxyl groups is 1. The molecule has 32 heavy (non-hydrogen) atoms. The number of ether oxygens (including phenoxy) is 2. The van der Waals surface area contributed by atoms with E-state index in [0.717, 1.165) is 11.1 Å². The van der Waals surface area contributed by atoms with Crippen LogP contribution in [0.4, 0.5) is 0 Å². The van der Waals surface area contributed by atoms with Gasteiger partial charge in [0, 0.05) is 11.1 Å². The van der Waals surface area contributed by atoms with E-state index in [1.165, 1.54) is 13.8 Å². The number of aliphatic hydroxyl groups is 1. The summed E-state index contributed by atoms with van der Waals surface area (Å²) in [5, 5.41) is 30.6. The third-order valence-electron chi connectivity index (χ3n) is 5.26. The van der Waals surface area contributed by atoms with E-state index in [0.29, 0.717) is 17.1 Å². The summed E-state index contributed by atoms with van der Waals surface area (Å²) in [6.45, 7) is 15.2. The second-order valence-electron chi connectivity index (χ2n) is 10.7. The van der Waals surface area contributed by atoms with Crippen LogP contribution in [0.1, 0.15) is 78.2 Å². The summed E-state index contributed by atoms with van der Waals surface area (Å²) in [5.74, 6) is 0.197. The van der Waals surface area contributed by atoms with Gasteiger partial charge in [-0.05, 0) is 54.5 Å². The van der Waals surface area contributed by atoms with Gasteiger partial charge in [-0.2, -0.15) is 0 Å². The van der Waals surface area contributed by atoms with Crippen molar-refractivity contribution in [1.82, 2.24) is 0 Å². The van der Waals surface area contributed by atoms with E-state index >= 15 is 0 Å². The van der Waals surface area contributed by atoms with Crippen molar-refractivity contribution in [2.24, 2.45) is 0 Å². The molecule has 0 spiro atoms. The molecule has 2 rings (SSSR count). The normalized spacial score (nSPS) is 13.5. The first kappa shape index (κ1) is 25.5. The van der Waals surface area contributed by atoms with E-state index in [9.17, 15) is 20.1 Å². The fraction of sp³-hybridized carbons (Fsp3) is 0.500. The zero-order chi connectivity index (χ0) is 24.5. The van der Waals surface area contributed by atoms with Crippen molar-refractivity contribution in [3.63, 3.8) is 0 Å². The molecular weight excluding hydrogens is 408 g/mol. The predicted octanol–water partition coefficient (Wildman–Crippen LogP) is 5.34. The molecule has 6 heteroatoms. The van der Waals surface area contributed by atoms with Gasteiger partial charge in [0.2, 0.25) is 0 Å². The van der Waals surface area contributed by atoms with Crippen molar-refractivity contribution >= 4 is 5.97 Å². The second kappa shape index (κ2) is 9.02. The lowest BCUT2D eigenvalue weighted by Gasteiger charge is -2.28. The van der Waals surface area contributed by atoms with Gasteiger partial charge in [0.25, 0.3) is 0 Å². The predicted molar refractivity (Wildman–Crippen MR) is 125 cm³/mol. The van der Waals surface area contributed by atoms with Crippen LogP contribution < -0.4 is 9.47 Å². The number of hydrogen-bond acceptors (Lipinski definition) is 5. The van der Waals surface area contributed by atoms with Gasteiger partial charge in [0.05, 0.1) is 0 Å². The minimum Gasteiger partial charge on any atom is -0.507 e. The van der Waals surface area contributed by atoms with E-state index in [4.69, 9.17) is 9.47 Å². The van der Waals surface area contributed by atoms with Gasteiger partial charge in [0.15, 0.2) is 5.60 Å². The highest BCUT2D eigenvalue weighted by Crippen LogP contribution is 2.41. The van der Waals surface area contributed by atoms with Crippen LogP contribution in [0.2, 0.25) is 0 Å². The number of phenols is 1. The molecule has 1 atom stereocenters. The SMILES string of the molecule is CC(C)(Oc1ccc(C(O)COc2cc(C(C)(C)C)c(O)c(C(C)(C)C)c2)cc1)C(=O)O.